The minimum atomic E-state index is -0.428. The largest absolute Gasteiger partial charge is 0.336 e. The molecule has 0 bridgehead atoms. The average molecular weight is 168 g/mol. The summed E-state index contributed by atoms with van der Waals surface area (Å²) in [6.45, 7) is 5.19. The Hall–Kier alpha value is -1.32. The Morgan fingerprint density at radius 1 is 1.42 bits per heavy atom. The van der Waals surface area contributed by atoms with Gasteiger partial charge in [0.15, 0.2) is 0 Å². The van der Waals surface area contributed by atoms with Gasteiger partial charge in [-0.25, -0.2) is 0 Å². The predicted octanol–water partition coefficient (Wildman–Crippen LogP) is -0.527. The summed E-state index contributed by atoms with van der Waals surface area (Å²) in [5.74, 6) is -0.855. The molecule has 2 amide bonds. The van der Waals surface area contributed by atoms with E-state index < -0.39 is 11.8 Å². The first-order valence-electron chi connectivity index (χ1n) is 3.82. The van der Waals surface area contributed by atoms with Crippen molar-refractivity contribution < 1.29 is 9.59 Å². The van der Waals surface area contributed by atoms with Crippen LogP contribution in [0, 0.1) is 0 Å². The van der Waals surface area contributed by atoms with E-state index in [4.69, 9.17) is 0 Å². The highest BCUT2D eigenvalue weighted by Gasteiger charge is 2.28. The number of nitrogens with zero attached hydrogens (tertiary/aromatic N) is 2. The van der Waals surface area contributed by atoms with Crippen LogP contribution in [0.25, 0.3) is 0 Å². The lowest BCUT2D eigenvalue weighted by Crippen LogP contribution is -2.52. The molecule has 4 heteroatoms. The quantitative estimate of drug-likeness (QED) is 0.411. The van der Waals surface area contributed by atoms with E-state index in [1.165, 1.54) is 9.80 Å². The van der Waals surface area contributed by atoms with Crippen molar-refractivity contribution in [2.45, 2.75) is 0 Å². The lowest BCUT2D eigenvalue weighted by atomic mass is 10.3. The lowest BCUT2D eigenvalue weighted by molar-refractivity contribution is -0.154. The van der Waals surface area contributed by atoms with Crippen molar-refractivity contribution in [1.82, 2.24) is 9.80 Å². The molecular weight excluding hydrogens is 156 g/mol. The maximum atomic E-state index is 11.2. The minimum Gasteiger partial charge on any atom is -0.336 e. The molecule has 12 heavy (non-hydrogen) atoms. The Bertz CT molecular complexity index is 225. The zero-order valence-electron chi connectivity index (χ0n) is 7.12. The van der Waals surface area contributed by atoms with Gasteiger partial charge in [0.25, 0.3) is 0 Å². The van der Waals surface area contributed by atoms with Crippen molar-refractivity contribution in [3.8, 4) is 0 Å². The fraction of sp³-hybridized carbons (Fsp3) is 0.500. The molecule has 0 aromatic carbocycles. The van der Waals surface area contributed by atoms with E-state index in [0.717, 1.165) is 0 Å². The molecule has 0 aromatic rings. The summed E-state index contributed by atoms with van der Waals surface area (Å²) >= 11 is 0. The van der Waals surface area contributed by atoms with Gasteiger partial charge >= 0.3 is 11.8 Å². The average Bonchev–Trinajstić information content (AvgIpc) is 2.07. The lowest BCUT2D eigenvalue weighted by Gasteiger charge is -2.30. The van der Waals surface area contributed by atoms with Gasteiger partial charge in [0, 0.05) is 26.7 Å². The third-order valence-corrected chi connectivity index (χ3v) is 1.87. The molecule has 1 fully saturated rings. The second-order valence-corrected chi connectivity index (χ2v) is 2.77. The molecule has 0 aromatic heterocycles. The van der Waals surface area contributed by atoms with Gasteiger partial charge in [-0.15, -0.1) is 6.58 Å². The molecule has 0 spiro atoms. The molecule has 4 nitrogen and oxygen atoms in total. The monoisotopic (exact) mass is 168 g/mol. The number of hydrogen-bond acceptors (Lipinski definition) is 2. The molecule has 1 heterocycles. The van der Waals surface area contributed by atoms with Crippen LogP contribution < -0.4 is 0 Å². The minimum absolute atomic E-state index is 0.427. The molecule has 0 aliphatic carbocycles. The SMILES string of the molecule is C=CCN1CCN(C)C(=O)C1=O. The number of carbonyl (C=O) groups is 2. The fourth-order valence-corrected chi connectivity index (χ4v) is 1.10. The van der Waals surface area contributed by atoms with E-state index >= 15 is 0 Å². The number of hydrogen-bond donors (Lipinski definition) is 0. The number of likely N-dealkylation sites (N-methyl/N-ethyl adjacent to an activating group) is 1. The Balaban J connectivity index is 2.65. The van der Waals surface area contributed by atoms with Gasteiger partial charge in [-0.1, -0.05) is 6.08 Å². The third-order valence-electron chi connectivity index (χ3n) is 1.87. The molecule has 0 radical (unpaired) electrons. The van der Waals surface area contributed by atoms with E-state index in [1.54, 1.807) is 13.1 Å². The topological polar surface area (TPSA) is 40.6 Å². The number of piperazine rings is 1. The van der Waals surface area contributed by atoms with Gasteiger partial charge in [-0.3, -0.25) is 9.59 Å². The van der Waals surface area contributed by atoms with E-state index in [0.29, 0.717) is 19.6 Å². The number of carbonyl (C=O) groups excluding carboxylic acids is 2. The molecular formula is C8H12N2O2. The van der Waals surface area contributed by atoms with Crippen LogP contribution in [-0.2, 0) is 9.59 Å². The molecule has 0 N–H and O–H groups in total. The van der Waals surface area contributed by atoms with Gasteiger partial charge in [0.05, 0.1) is 0 Å². The van der Waals surface area contributed by atoms with E-state index in [1.807, 2.05) is 0 Å². The Kier molecular flexibility index (Phi) is 2.47. The van der Waals surface area contributed by atoms with Gasteiger partial charge < -0.3 is 9.80 Å². The Morgan fingerprint density at radius 3 is 2.67 bits per heavy atom. The fourth-order valence-electron chi connectivity index (χ4n) is 1.10. The van der Waals surface area contributed by atoms with Crippen LogP contribution in [0.5, 0.6) is 0 Å². The normalized spacial score (nSPS) is 18.4. The smallest absolute Gasteiger partial charge is 0.312 e. The van der Waals surface area contributed by atoms with Crippen LogP contribution in [0.3, 0.4) is 0 Å². The first-order valence-corrected chi connectivity index (χ1v) is 3.82. The summed E-state index contributed by atoms with van der Waals surface area (Å²) in [5.41, 5.74) is 0. The zero-order valence-corrected chi connectivity index (χ0v) is 7.12. The highest BCUT2D eigenvalue weighted by Crippen LogP contribution is 2.01. The molecule has 1 rings (SSSR count). The van der Waals surface area contributed by atoms with Crippen molar-refractivity contribution in [3.05, 3.63) is 12.7 Å². The van der Waals surface area contributed by atoms with Crippen molar-refractivity contribution in [1.29, 1.82) is 0 Å². The molecule has 1 saturated heterocycles. The number of amides is 2. The highest BCUT2D eigenvalue weighted by atomic mass is 16.2. The van der Waals surface area contributed by atoms with Crippen LogP contribution in [-0.4, -0.2) is 48.3 Å². The van der Waals surface area contributed by atoms with Crippen LogP contribution in [0.2, 0.25) is 0 Å². The summed E-state index contributed by atoms with van der Waals surface area (Å²) in [6, 6.07) is 0. The second kappa shape index (κ2) is 3.38. The summed E-state index contributed by atoms with van der Waals surface area (Å²) < 4.78 is 0. The van der Waals surface area contributed by atoms with Crippen molar-refractivity contribution in [2.24, 2.45) is 0 Å². The third kappa shape index (κ3) is 1.47. The van der Waals surface area contributed by atoms with Crippen molar-refractivity contribution in [3.63, 3.8) is 0 Å². The van der Waals surface area contributed by atoms with Gasteiger partial charge in [-0.2, -0.15) is 0 Å². The molecule has 0 atom stereocenters. The van der Waals surface area contributed by atoms with E-state index in [2.05, 4.69) is 6.58 Å². The van der Waals surface area contributed by atoms with Crippen molar-refractivity contribution in [2.75, 3.05) is 26.7 Å². The molecule has 1 aliphatic rings. The molecule has 0 saturated carbocycles. The summed E-state index contributed by atoms with van der Waals surface area (Å²) in [5, 5.41) is 0. The summed E-state index contributed by atoms with van der Waals surface area (Å²) in [7, 11) is 1.63. The maximum absolute atomic E-state index is 11.2. The van der Waals surface area contributed by atoms with E-state index in [9.17, 15) is 9.59 Å². The van der Waals surface area contributed by atoms with E-state index in [-0.39, 0.29) is 0 Å². The van der Waals surface area contributed by atoms with Gasteiger partial charge in [-0.05, 0) is 0 Å². The van der Waals surface area contributed by atoms with Crippen molar-refractivity contribution >= 4 is 11.8 Å². The van der Waals surface area contributed by atoms with Crippen LogP contribution >= 0.6 is 0 Å². The first kappa shape index (κ1) is 8.77. The second-order valence-electron chi connectivity index (χ2n) is 2.77. The van der Waals surface area contributed by atoms with Crippen LogP contribution in [0.15, 0.2) is 12.7 Å². The van der Waals surface area contributed by atoms with Crippen LogP contribution in [0.4, 0.5) is 0 Å². The zero-order chi connectivity index (χ0) is 9.14. The molecule has 0 unspecified atom stereocenters. The predicted molar refractivity (Wildman–Crippen MR) is 44.4 cm³/mol. The molecule has 66 valence electrons. The highest BCUT2D eigenvalue weighted by molar-refractivity contribution is 6.35. The van der Waals surface area contributed by atoms with Crippen LogP contribution in [0.1, 0.15) is 0 Å². The van der Waals surface area contributed by atoms with Gasteiger partial charge in [0.1, 0.15) is 0 Å². The first-order chi connectivity index (χ1) is 5.66. The summed E-state index contributed by atoms with van der Waals surface area (Å²) in [4.78, 5) is 25.3. The Morgan fingerprint density at radius 2 is 2.08 bits per heavy atom. The van der Waals surface area contributed by atoms with Gasteiger partial charge in [0.2, 0.25) is 0 Å². The standard InChI is InChI=1S/C8H12N2O2/c1-3-4-10-6-5-9(2)7(11)8(10)12/h3H,1,4-6H2,2H3. The number of rotatable bonds is 2. The summed E-state index contributed by atoms with van der Waals surface area (Å²) in [6.07, 6.45) is 1.62. The maximum Gasteiger partial charge on any atom is 0.312 e. The Labute approximate surface area is 71.4 Å². The molecule has 1 aliphatic heterocycles.